The third-order valence-electron chi connectivity index (χ3n) is 3.27. The van der Waals surface area contributed by atoms with E-state index in [2.05, 4.69) is 17.6 Å². The van der Waals surface area contributed by atoms with Crippen molar-refractivity contribution in [3.63, 3.8) is 0 Å². The summed E-state index contributed by atoms with van der Waals surface area (Å²) in [5, 5.41) is 6.19. The van der Waals surface area contributed by atoms with Crippen molar-refractivity contribution in [2.45, 2.75) is 13.8 Å². The highest BCUT2D eigenvalue weighted by Gasteiger charge is 2.29. The van der Waals surface area contributed by atoms with E-state index < -0.39 is 0 Å². The molecule has 2 rings (SSSR count). The van der Waals surface area contributed by atoms with Crippen LogP contribution in [-0.2, 0) is 4.79 Å². The van der Waals surface area contributed by atoms with Gasteiger partial charge in [0, 0.05) is 18.3 Å². The topological polar surface area (TPSA) is 50.4 Å². The van der Waals surface area contributed by atoms with Crippen molar-refractivity contribution >= 4 is 11.6 Å². The van der Waals surface area contributed by atoms with E-state index in [1.54, 1.807) is 0 Å². The van der Waals surface area contributed by atoms with E-state index in [0.717, 1.165) is 24.5 Å². The van der Waals surface area contributed by atoms with Gasteiger partial charge in [-0.05, 0) is 31.5 Å². The molecule has 98 valence electrons. The van der Waals surface area contributed by atoms with Gasteiger partial charge in [0.15, 0.2) is 0 Å². The zero-order chi connectivity index (χ0) is 13.0. The van der Waals surface area contributed by atoms with E-state index in [9.17, 15) is 4.79 Å². The maximum Gasteiger partial charge on any atom is 0.229 e. The van der Waals surface area contributed by atoms with E-state index in [1.807, 2.05) is 31.2 Å². The molecule has 0 bridgehead atoms. The Bertz CT molecular complexity index is 420. The Hall–Kier alpha value is -1.55. The van der Waals surface area contributed by atoms with Crippen molar-refractivity contribution in [2.75, 3.05) is 25.0 Å². The average molecular weight is 248 g/mol. The average Bonchev–Trinajstić information content (AvgIpc) is 2.76. The SMILES string of the molecule is CCOc1cccc(NC(=O)C2CNCC2C)c1. The van der Waals surface area contributed by atoms with Crippen LogP contribution in [0.25, 0.3) is 0 Å². The first kappa shape index (κ1) is 12.9. The van der Waals surface area contributed by atoms with Gasteiger partial charge in [0.2, 0.25) is 5.91 Å². The number of benzene rings is 1. The van der Waals surface area contributed by atoms with Crippen LogP contribution in [0.2, 0.25) is 0 Å². The smallest absolute Gasteiger partial charge is 0.229 e. The van der Waals surface area contributed by atoms with E-state index in [4.69, 9.17) is 4.74 Å². The molecule has 1 aromatic rings. The van der Waals surface area contributed by atoms with Gasteiger partial charge < -0.3 is 15.4 Å². The molecule has 0 radical (unpaired) electrons. The summed E-state index contributed by atoms with van der Waals surface area (Å²) in [4.78, 5) is 12.1. The Morgan fingerprint density at radius 1 is 1.50 bits per heavy atom. The minimum atomic E-state index is 0.0562. The van der Waals surface area contributed by atoms with Crippen LogP contribution in [0, 0.1) is 11.8 Å². The molecule has 1 saturated heterocycles. The highest BCUT2D eigenvalue weighted by atomic mass is 16.5. The molecule has 1 aromatic carbocycles. The Labute approximate surface area is 108 Å². The molecule has 0 aromatic heterocycles. The van der Waals surface area contributed by atoms with Crippen LogP contribution in [0.4, 0.5) is 5.69 Å². The summed E-state index contributed by atoms with van der Waals surface area (Å²) in [5.74, 6) is 1.31. The predicted octanol–water partition coefficient (Wildman–Crippen LogP) is 1.88. The molecule has 2 N–H and O–H groups in total. The number of carbonyl (C=O) groups is 1. The molecule has 18 heavy (non-hydrogen) atoms. The molecule has 4 heteroatoms. The Kier molecular flexibility index (Phi) is 4.20. The fraction of sp³-hybridized carbons (Fsp3) is 0.500. The highest BCUT2D eigenvalue weighted by Crippen LogP contribution is 2.21. The van der Waals surface area contributed by atoms with Crippen molar-refractivity contribution in [3.05, 3.63) is 24.3 Å². The standard InChI is InChI=1S/C14H20N2O2/c1-3-18-12-6-4-5-11(7-12)16-14(17)13-9-15-8-10(13)2/h4-7,10,13,15H,3,8-9H2,1-2H3,(H,16,17). The number of rotatable bonds is 4. The lowest BCUT2D eigenvalue weighted by molar-refractivity contribution is -0.120. The number of hydrogen-bond donors (Lipinski definition) is 2. The summed E-state index contributed by atoms with van der Waals surface area (Å²) in [6.07, 6.45) is 0. The Morgan fingerprint density at radius 2 is 2.33 bits per heavy atom. The predicted molar refractivity (Wildman–Crippen MR) is 71.8 cm³/mol. The molecule has 1 heterocycles. The van der Waals surface area contributed by atoms with Crippen molar-refractivity contribution < 1.29 is 9.53 Å². The van der Waals surface area contributed by atoms with Gasteiger partial charge in [0.1, 0.15) is 5.75 Å². The van der Waals surface area contributed by atoms with Gasteiger partial charge >= 0.3 is 0 Å². The zero-order valence-corrected chi connectivity index (χ0v) is 10.9. The van der Waals surface area contributed by atoms with E-state index in [-0.39, 0.29) is 11.8 Å². The van der Waals surface area contributed by atoms with E-state index in [0.29, 0.717) is 12.5 Å². The van der Waals surface area contributed by atoms with Crippen molar-refractivity contribution in [3.8, 4) is 5.75 Å². The van der Waals surface area contributed by atoms with Gasteiger partial charge in [-0.3, -0.25) is 4.79 Å². The second-order valence-electron chi connectivity index (χ2n) is 4.69. The van der Waals surface area contributed by atoms with Crippen LogP contribution < -0.4 is 15.4 Å². The largest absolute Gasteiger partial charge is 0.494 e. The molecule has 1 aliphatic heterocycles. The van der Waals surface area contributed by atoms with Crippen molar-refractivity contribution in [1.29, 1.82) is 0 Å². The summed E-state index contributed by atoms with van der Waals surface area (Å²) in [6.45, 7) is 6.34. The second kappa shape index (κ2) is 5.87. The number of carbonyl (C=O) groups excluding carboxylic acids is 1. The normalized spacial score (nSPS) is 22.8. The second-order valence-corrected chi connectivity index (χ2v) is 4.69. The van der Waals surface area contributed by atoms with Crippen LogP contribution in [0.15, 0.2) is 24.3 Å². The maximum absolute atomic E-state index is 12.1. The molecule has 0 saturated carbocycles. The number of amides is 1. The fourth-order valence-electron chi connectivity index (χ4n) is 2.23. The molecular weight excluding hydrogens is 228 g/mol. The first-order valence-electron chi connectivity index (χ1n) is 6.45. The third kappa shape index (κ3) is 3.01. The van der Waals surface area contributed by atoms with Crippen molar-refractivity contribution in [2.24, 2.45) is 11.8 Å². The van der Waals surface area contributed by atoms with Gasteiger partial charge in [-0.25, -0.2) is 0 Å². The molecule has 2 atom stereocenters. The van der Waals surface area contributed by atoms with Gasteiger partial charge in [-0.15, -0.1) is 0 Å². The Morgan fingerprint density at radius 3 is 3.00 bits per heavy atom. The molecule has 4 nitrogen and oxygen atoms in total. The minimum Gasteiger partial charge on any atom is -0.494 e. The highest BCUT2D eigenvalue weighted by molar-refractivity contribution is 5.93. The summed E-state index contributed by atoms with van der Waals surface area (Å²) in [6, 6.07) is 7.51. The third-order valence-corrected chi connectivity index (χ3v) is 3.27. The monoisotopic (exact) mass is 248 g/mol. The lowest BCUT2D eigenvalue weighted by atomic mass is 9.97. The molecule has 2 unspecified atom stereocenters. The van der Waals surface area contributed by atoms with Crippen LogP contribution in [0.3, 0.4) is 0 Å². The molecule has 0 aliphatic carbocycles. The van der Waals surface area contributed by atoms with Crippen molar-refractivity contribution in [1.82, 2.24) is 5.32 Å². The number of anilines is 1. The molecule has 0 spiro atoms. The Balaban J connectivity index is 2.00. The summed E-state index contributed by atoms with van der Waals surface area (Å²) >= 11 is 0. The molecule has 1 amide bonds. The quantitative estimate of drug-likeness (QED) is 0.855. The maximum atomic E-state index is 12.1. The van der Waals surface area contributed by atoms with E-state index in [1.165, 1.54) is 0 Å². The lowest BCUT2D eigenvalue weighted by Gasteiger charge is -2.14. The first-order valence-corrected chi connectivity index (χ1v) is 6.45. The molecule has 1 aliphatic rings. The summed E-state index contributed by atoms with van der Waals surface area (Å²) in [5.41, 5.74) is 0.796. The minimum absolute atomic E-state index is 0.0562. The number of nitrogens with one attached hydrogen (secondary N) is 2. The van der Waals surface area contributed by atoms with Gasteiger partial charge in [0.25, 0.3) is 0 Å². The molecular formula is C14H20N2O2. The number of ether oxygens (including phenoxy) is 1. The van der Waals surface area contributed by atoms with Crippen LogP contribution in [0.1, 0.15) is 13.8 Å². The van der Waals surface area contributed by atoms with Gasteiger partial charge in [-0.1, -0.05) is 13.0 Å². The number of hydrogen-bond acceptors (Lipinski definition) is 3. The fourth-order valence-corrected chi connectivity index (χ4v) is 2.23. The van der Waals surface area contributed by atoms with Crippen LogP contribution in [-0.4, -0.2) is 25.6 Å². The van der Waals surface area contributed by atoms with Crippen LogP contribution in [0.5, 0.6) is 5.75 Å². The van der Waals surface area contributed by atoms with Crippen LogP contribution >= 0.6 is 0 Å². The van der Waals surface area contributed by atoms with E-state index >= 15 is 0 Å². The molecule has 1 fully saturated rings. The first-order chi connectivity index (χ1) is 8.70. The van der Waals surface area contributed by atoms with Gasteiger partial charge in [-0.2, -0.15) is 0 Å². The lowest BCUT2D eigenvalue weighted by Crippen LogP contribution is -2.27. The zero-order valence-electron chi connectivity index (χ0n) is 10.9. The summed E-state index contributed by atoms with van der Waals surface area (Å²) < 4.78 is 5.41. The van der Waals surface area contributed by atoms with Gasteiger partial charge in [0.05, 0.1) is 12.5 Å². The summed E-state index contributed by atoms with van der Waals surface area (Å²) in [7, 11) is 0.